The van der Waals surface area contributed by atoms with E-state index in [0.717, 1.165) is 33.6 Å². The molecule has 0 radical (unpaired) electrons. The van der Waals surface area contributed by atoms with Crippen molar-refractivity contribution in [2.45, 2.75) is 57.0 Å². The number of thioether (sulfide) groups is 1. The monoisotopic (exact) mass is 826 g/mol. The summed E-state index contributed by atoms with van der Waals surface area (Å²) in [7, 11) is 0. The maximum Gasteiger partial charge on any atom is 0.167 e. The Morgan fingerprint density at radius 2 is 1.39 bits per heavy atom. The van der Waals surface area contributed by atoms with Crippen LogP contribution < -0.4 is 10.6 Å². The van der Waals surface area contributed by atoms with E-state index in [2.05, 4.69) is 46.4 Å². The van der Waals surface area contributed by atoms with Gasteiger partial charge >= 0.3 is 0 Å². The zero-order valence-corrected chi connectivity index (χ0v) is 34.6. The highest BCUT2D eigenvalue weighted by Crippen LogP contribution is 2.32. The molecule has 8 rings (SSSR count). The molecule has 0 fully saturated rings. The summed E-state index contributed by atoms with van der Waals surface area (Å²) in [6, 6.07) is 16.7. The number of nitrogens with one attached hydrogen (secondary N) is 2. The number of pyridine rings is 2. The molecule has 1 atom stereocenters. The summed E-state index contributed by atoms with van der Waals surface area (Å²) in [5.41, 5.74) is 7.08. The van der Waals surface area contributed by atoms with Crippen LogP contribution in [0.3, 0.4) is 0 Å². The Morgan fingerprint density at radius 1 is 0.729 bits per heavy atom. The third kappa shape index (κ3) is 8.61. The maximum atomic E-state index is 11.1. The molecular formula is C43H43ClN12O2S. The Hall–Kier alpha value is -6.32. The van der Waals surface area contributed by atoms with Crippen LogP contribution in [0.1, 0.15) is 49.5 Å². The molecule has 8 aromatic rings. The van der Waals surface area contributed by atoms with Gasteiger partial charge in [-0.25, -0.2) is 29.9 Å². The van der Waals surface area contributed by atoms with Gasteiger partial charge < -0.3 is 30.0 Å². The molecule has 0 saturated heterocycles. The van der Waals surface area contributed by atoms with Gasteiger partial charge in [0.1, 0.15) is 22.5 Å². The smallest absolute Gasteiger partial charge is 0.167 e. The summed E-state index contributed by atoms with van der Waals surface area (Å²) >= 11 is 8.14. The summed E-state index contributed by atoms with van der Waals surface area (Å²) in [5.74, 6) is 2.68. The van der Waals surface area contributed by atoms with Crippen LogP contribution in [0, 0.1) is 0 Å². The summed E-state index contributed by atoms with van der Waals surface area (Å²) in [4.78, 5) is 38.7. The Kier molecular flexibility index (Phi) is 11.6. The molecule has 14 nitrogen and oxygen atoms in total. The van der Waals surface area contributed by atoms with E-state index in [9.17, 15) is 10.2 Å². The Labute approximate surface area is 350 Å². The van der Waals surface area contributed by atoms with Crippen LogP contribution in [-0.2, 0) is 19.3 Å². The minimum Gasteiger partial charge on any atom is -0.508 e. The topological polar surface area (TPSA) is 178 Å². The number of hydrogen-bond acceptors (Lipinski definition) is 13. The number of anilines is 2. The highest BCUT2D eigenvalue weighted by atomic mass is 35.5. The molecule has 0 aliphatic rings. The number of fused-ring (bicyclic) bond motifs is 2. The molecule has 0 spiro atoms. The van der Waals surface area contributed by atoms with Gasteiger partial charge in [-0.2, -0.15) is 0 Å². The number of imidazole rings is 2. The van der Waals surface area contributed by atoms with Gasteiger partial charge in [0.2, 0.25) is 0 Å². The molecule has 6 aromatic heterocycles. The molecule has 6 heterocycles. The van der Waals surface area contributed by atoms with Crippen molar-refractivity contribution in [3.63, 3.8) is 0 Å². The van der Waals surface area contributed by atoms with Crippen molar-refractivity contribution in [1.82, 2.24) is 49.0 Å². The van der Waals surface area contributed by atoms with E-state index in [1.165, 1.54) is 0 Å². The first-order valence-electron chi connectivity index (χ1n) is 19.3. The van der Waals surface area contributed by atoms with Crippen molar-refractivity contribution < 1.29 is 10.2 Å². The number of aromatic nitrogens is 10. The summed E-state index contributed by atoms with van der Waals surface area (Å²) < 4.78 is 4.05. The van der Waals surface area contributed by atoms with Crippen molar-refractivity contribution in [1.29, 1.82) is 0 Å². The first kappa shape index (κ1) is 39.5. The number of aromatic hydroxyl groups is 2. The van der Waals surface area contributed by atoms with E-state index in [-0.39, 0.29) is 23.6 Å². The van der Waals surface area contributed by atoms with Gasteiger partial charge in [0.05, 0.1) is 23.2 Å². The van der Waals surface area contributed by atoms with Gasteiger partial charge in [-0.15, -0.1) is 11.8 Å². The van der Waals surface area contributed by atoms with Crippen molar-refractivity contribution in [2.75, 3.05) is 30.0 Å². The quantitative estimate of drug-likeness (QED) is 0.0724. The number of nitrogens with zero attached hydrogens (tertiary/aromatic N) is 10. The molecule has 0 bridgehead atoms. The SMILES string of the molecule is CSc1cncc(-c2nc(NCCc3ccc(O)cc3)c3ncn(C(C)Cc4cc(CCNc5nc(-c6cnccc6Cl)nc6c5ncn6C(C)C)ccc4O)c3n2)c1. The fraction of sp³-hybridized carbons (Fsp3) is 0.256. The minimum absolute atomic E-state index is 0.120. The second kappa shape index (κ2) is 17.3. The maximum absolute atomic E-state index is 11.1. The van der Waals surface area contributed by atoms with E-state index in [1.54, 1.807) is 67.3 Å². The first-order chi connectivity index (χ1) is 28.6. The number of rotatable bonds is 15. The lowest BCUT2D eigenvalue weighted by Crippen LogP contribution is -2.11. The number of phenols is 2. The first-order valence-corrected chi connectivity index (χ1v) is 20.9. The number of hydrogen-bond donors (Lipinski definition) is 4. The molecule has 1 unspecified atom stereocenters. The normalized spacial score (nSPS) is 12.1. The lowest BCUT2D eigenvalue weighted by atomic mass is 10.0. The van der Waals surface area contributed by atoms with Gasteiger partial charge in [0.15, 0.2) is 34.6 Å². The van der Waals surface area contributed by atoms with Crippen molar-refractivity contribution >= 4 is 57.3 Å². The predicted octanol–water partition coefficient (Wildman–Crippen LogP) is 8.57. The predicted molar refractivity (Wildman–Crippen MR) is 233 cm³/mol. The Morgan fingerprint density at radius 3 is 2.10 bits per heavy atom. The second-order valence-electron chi connectivity index (χ2n) is 14.5. The fourth-order valence-corrected chi connectivity index (χ4v) is 7.51. The van der Waals surface area contributed by atoms with Gasteiger partial charge in [-0.3, -0.25) is 9.97 Å². The summed E-state index contributed by atoms with van der Waals surface area (Å²) in [6.07, 6.45) is 14.4. The molecule has 0 saturated carbocycles. The average Bonchev–Trinajstić information content (AvgIpc) is 3.88. The van der Waals surface area contributed by atoms with Crippen LogP contribution in [0.4, 0.5) is 11.6 Å². The van der Waals surface area contributed by atoms with E-state index in [0.29, 0.717) is 82.1 Å². The van der Waals surface area contributed by atoms with Crippen LogP contribution in [0.25, 0.3) is 45.1 Å². The molecule has 59 heavy (non-hydrogen) atoms. The molecule has 2 aromatic carbocycles. The number of benzene rings is 2. The summed E-state index contributed by atoms with van der Waals surface area (Å²) in [5, 5.41) is 28.3. The van der Waals surface area contributed by atoms with Crippen molar-refractivity contribution in [2.24, 2.45) is 0 Å². The fourth-order valence-electron chi connectivity index (χ4n) is 6.91. The molecule has 16 heteroatoms. The van der Waals surface area contributed by atoms with E-state index in [1.807, 2.05) is 51.9 Å². The standard InChI is InChI=1S/C43H43ClN12O2S/c1-25(2)55-23-49-36-41(52-39(54-42(36)55)33-22-45-14-13-34(33)44)48-16-12-28-7-10-35(58)29(18-28)17-26(3)56-24-50-37-40(47-15-11-27-5-8-31(57)9-6-27)51-38(53-43(37)56)30-19-32(59-4)21-46-20-30/h5-10,13-14,18-26,57-58H,11-12,15-17H2,1-4H3,(H,47,51,53)(H,48,52,54). The highest BCUT2D eigenvalue weighted by Gasteiger charge is 2.20. The van der Waals surface area contributed by atoms with Gasteiger partial charge in [0, 0.05) is 60.4 Å². The zero-order valence-electron chi connectivity index (χ0n) is 33.0. The third-order valence-electron chi connectivity index (χ3n) is 10.1. The molecule has 300 valence electrons. The third-order valence-corrected chi connectivity index (χ3v) is 11.1. The van der Waals surface area contributed by atoms with Crippen LogP contribution in [-0.4, -0.2) is 78.6 Å². The van der Waals surface area contributed by atoms with E-state index >= 15 is 0 Å². The van der Waals surface area contributed by atoms with Crippen LogP contribution in [0.2, 0.25) is 5.02 Å². The van der Waals surface area contributed by atoms with Crippen molar-refractivity contribution in [3.8, 4) is 34.3 Å². The number of halogens is 1. The van der Waals surface area contributed by atoms with Crippen LogP contribution in [0.15, 0.2) is 96.9 Å². The zero-order chi connectivity index (χ0) is 41.0. The van der Waals surface area contributed by atoms with Gasteiger partial charge in [0.25, 0.3) is 0 Å². The Bertz CT molecular complexity index is 2760. The summed E-state index contributed by atoms with van der Waals surface area (Å²) in [6.45, 7) is 7.41. The van der Waals surface area contributed by atoms with Crippen LogP contribution >= 0.6 is 23.4 Å². The van der Waals surface area contributed by atoms with Gasteiger partial charge in [-0.1, -0.05) is 35.9 Å². The van der Waals surface area contributed by atoms with Gasteiger partial charge in [-0.05, 0) is 93.3 Å². The number of phenolic OH excluding ortho intramolecular Hbond substituents is 2. The lowest BCUT2D eigenvalue weighted by Gasteiger charge is -2.17. The second-order valence-corrected chi connectivity index (χ2v) is 15.8. The average molecular weight is 827 g/mol. The highest BCUT2D eigenvalue weighted by molar-refractivity contribution is 7.98. The van der Waals surface area contributed by atoms with E-state index in [4.69, 9.17) is 36.5 Å². The largest absolute Gasteiger partial charge is 0.508 e. The van der Waals surface area contributed by atoms with Crippen LogP contribution in [0.5, 0.6) is 11.5 Å². The lowest BCUT2D eigenvalue weighted by molar-refractivity contribution is 0.457. The molecule has 0 aliphatic heterocycles. The molecule has 0 aliphatic carbocycles. The molecule has 4 N–H and O–H groups in total. The van der Waals surface area contributed by atoms with Crippen molar-refractivity contribution in [3.05, 3.63) is 114 Å². The molecular weight excluding hydrogens is 784 g/mol. The van der Waals surface area contributed by atoms with E-state index < -0.39 is 0 Å². The Balaban J connectivity index is 1.03. The minimum atomic E-state index is -0.120. The molecule has 0 amide bonds.